The van der Waals surface area contributed by atoms with Crippen LogP contribution in [0.25, 0.3) is 0 Å². The van der Waals surface area contributed by atoms with Crippen molar-refractivity contribution in [1.29, 1.82) is 0 Å². The third-order valence-electron chi connectivity index (χ3n) is 3.60. The van der Waals surface area contributed by atoms with Crippen LogP contribution in [-0.4, -0.2) is 54.3 Å². The summed E-state index contributed by atoms with van der Waals surface area (Å²) in [5.74, 6) is -0.620. The maximum absolute atomic E-state index is 11.6. The van der Waals surface area contributed by atoms with Crippen molar-refractivity contribution < 1.29 is 37.9 Å². The van der Waals surface area contributed by atoms with Crippen molar-refractivity contribution in [2.45, 2.75) is 71.3 Å². The predicted molar refractivity (Wildman–Crippen MR) is 100.0 cm³/mol. The number of hydrogen-bond donors (Lipinski definition) is 3. The molecule has 2 unspecified atom stereocenters. The summed E-state index contributed by atoms with van der Waals surface area (Å²) in [6.07, 6.45) is 5.67. The monoisotopic (exact) mass is 411 g/mol. The van der Waals surface area contributed by atoms with E-state index in [-0.39, 0.29) is 32.1 Å². The van der Waals surface area contributed by atoms with Gasteiger partial charge in [-0.3, -0.25) is 18.6 Å². The molecular formula is C17H34NO8P. The summed E-state index contributed by atoms with van der Waals surface area (Å²) in [5.41, 5.74) is 0. The normalized spacial score (nSPS) is 14.4. The molecule has 3 N–H and O–H groups in total. The molecule has 27 heavy (non-hydrogen) atoms. The fraction of sp³-hybridized carbons (Fsp3) is 0.882. The lowest BCUT2D eigenvalue weighted by atomic mass is 10.1. The molecule has 0 aliphatic carbocycles. The summed E-state index contributed by atoms with van der Waals surface area (Å²) in [7, 11) is -4.35. The van der Waals surface area contributed by atoms with Crippen molar-refractivity contribution in [1.82, 2.24) is 5.32 Å². The highest BCUT2D eigenvalue weighted by atomic mass is 31.2. The molecule has 0 aromatic carbocycles. The summed E-state index contributed by atoms with van der Waals surface area (Å²) in [6.45, 7) is 2.85. The van der Waals surface area contributed by atoms with E-state index in [1.807, 2.05) is 0 Å². The van der Waals surface area contributed by atoms with Gasteiger partial charge >= 0.3 is 13.8 Å². The number of unbranched alkanes of at least 4 members (excludes halogenated alkanes) is 5. The zero-order valence-electron chi connectivity index (χ0n) is 16.4. The molecule has 0 fully saturated rings. The van der Waals surface area contributed by atoms with Crippen LogP contribution in [0.1, 0.15) is 65.2 Å². The third kappa shape index (κ3) is 16.9. The Labute approximate surface area is 161 Å². The number of aliphatic hydroxyl groups is 1. The molecule has 1 amide bonds. The van der Waals surface area contributed by atoms with E-state index < -0.39 is 26.5 Å². The highest BCUT2D eigenvalue weighted by molar-refractivity contribution is 7.47. The van der Waals surface area contributed by atoms with Gasteiger partial charge in [-0.15, -0.1) is 0 Å². The predicted octanol–water partition coefficient (Wildman–Crippen LogP) is 2.30. The number of carbonyl (C=O) groups is 2. The van der Waals surface area contributed by atoms with Gasteiger partial charge in [-0.2, -0.15) is 0 Å². The SMILES string of the molecule is CCCCCCCCC(=O)OCC(O)COP(=O)(O)OCCNC(=O)CC. The minimum Gasteiger partial charge on any atom is -0.463 e. The summed E-state index contributed by atoms with van der Waals surface area (Å²) >= 11 is 0. The Hall–Kier alpha value is -0.990. The van der Waals surface area contributed by atoms with Crippen molar-refractivity contribution in [3.05, 3.63) is 0 Å². The molecule has 0 aliphatic heterocycles. The number of hydrogen-bond acceptors (Lipinski definition) is 7. The Balaban J connectivity index is 3.75. The van der Waals surface area contributed by atoms with Crippen LogP contribution in [0.2, 0.25) is 0 Å². The van der Waals surface area contributed by atoms with Crippen LogP contribution >= 0.6 is 7.82 Å². The average Bonchev–Trinajstić information content (AvgIpc) is 2.64. The molecule has 0 aliphatic rings. The van der Waals surface area contributed by atoms with E-state index in [1.165, 1.54) is 12.8 Å². The quantitative estimate of drug-likeness (QED) is 0.189. The first-order chi connectivity index (χ1) is 12.8. The molecule has 0 saturated carbocycles. The number of esters is 1. The summed E-state index contributed by atoms with van der Waals surface area (Å²) < 4.78 is 25.8. The molecule has 0 bridgehead atoms. The number of amides is 1. The van der Waals surface area contributed by atoms with Crippen molar-refractivity contribution in [2.24, 2.45) is 0 Å². The van der Waals surface area contributed by atoms with E-state index in [0.29, 0.717) is 6.42 Å². The minimum atomic E-state index is -4.35. The van der Waals surface area contributed by atoms with Crippen molar-refractivity contribution in [3.8, 4) is 0 Å². The van der Waals surface area contributed by atoms with E-state index >= 15 is 0 Å². The number of aliphatic hydroxyl groups excluding tert-OH is 1. The molecular weight excluding hydrogens is 377 g/mol. The smallest absolute Gasteiger partial charge is 0.463 e. The van der Waals surface area contributed by atoms with Gasteiger partial charge in [0.05, 0.1) is 13.2 Å². The lowest BCUT2D eigenvalue weighted by molar-refractivity contribution is -0.147. The lowest BCUT2D eigenvalue weighted by Gasteiger charge is -2.15. The van der Waals surface area contributed by atoms with Crippen molar-refractivity contribution in [3.63, 3.8) is 0 Å². The third-order valence-corrected chi connectivity index (χ3v) is 4.59. The molecule has 0 heterocycles. The fourth-order valence-corrected chi connectivity index (χ4v) is 2.81. The van der Waals surface area contributed by atoms with Gasteiger partial charge in [0, 0.05) is 19.4 Å². The van der Waals surface area contributed by atoms with Crippen LogP contribution in [0.4, 0.5) is 0 Å². The van der Waals surface area contributed by atoms with Gasteiger partial charge in [0.25, 0.3) is 0 Å². The maximum Gasteiger partial charge on any atom is 0.472 e. The van der Waals surface area contributed by atoms with Gasteiger partial charge < -0.3 is 20.1 Å². The van der Waals surface area contributed by atoms with Gasteiger partial charge in [0.1, 0.15) is 12.7 Å². The molecule has 9 nitrogen and oxygen atoms in total. The number of carbonyl (C=O) groups excluding carboxylic acids is 2. The Morgan fingerprint density at radius 2 is 1.70 bits per heavy atom. The van der Waals surface area contributed by atoms with Gasteiger partial charge in [0.15, 0.2) is 0 Å². The van der Waals surface area contributed by atoms with Crippen LogP contribution in [0.5, 0.6) is 0 Å². The topological polar surface area (TPSA) is 131 Å². The van der Waals surface area contributed by atoms with Gasteiger partial charge in [-0.25, -0.2) is 4.57 Å². The summed E-state index contributed by atoms with van der Waals surface area (Å²) in [4.78, 5) is 32.0. The first kappa shape index (κ1) is 26.0. The molecule has 0 rings (SSSR count). The molecule has 2 atom stereocenters. The summed E-state index contributed by atoms with van der Waals surface area (Å²) in [6, 6.07) is 0. The molecule has 0 aromatic rings. The Kier molecular flexibility index (Phi) is 15.4. The molecule has 0 aromatic heterocycles. The zero-order valence-corrected chi connectivity index (χ0v) is 17.2. The number of phosphoric acid groups is 1. The lowest BCUT2D eigenvalue weighted by Crippen LogP contribution is -2.26. The van der Waals surface area contributed by atoms with Crippen LogP contribution in [-0.2, 0) is 27.9 Å². The van der Waals surface area contributed by atoms with E-state index in [2.05, 4.69) is 21.3 Å². The molecule has 0 spiro atoms. The Bertz CT molecular complexity index is 460. The van der Waals surface area contributed by atoms with Crippen molar-refractivity contribution >= 4 is 19.7 Å². The number of ether oxygens (including phenoxy) is 1. The van der Waals surface area contributed by atoms with Gasteiger partial charge in [-0.1, -0.05) is 46.0 Å². The van der Waals surface area contributed by atoms with E-state index in [0.717, 1.165) is 25.7 Å². The molecule has 0 saturated heterocycles. The molecule has 10 heteroatoms. The number of nitrogens with one attached hydrogen (secondary N) is 1. The molecule has 160 valence electrons. The minimum absolute atomic E-state index is 0.0686. The Morgan fingerprint density at radius 1 is 1.04 bits per heavy atom. The Morgan fingerprint density at radius 3 is 2.37 bits per heavy atom. The van der Waals surface area contributed by atoms with Crippen LogP contribution in [0.3, 0.4) is 0 Å². The van der Waals surface area contributed by atoms with Gasteiger partial charge in [0.2, 0.25) is 5.91 Å². The number of phosphoric ester groups is 1. The zero-order chi connectivity index (χ0) is 20.5. The van der Waals surface area contributed by atoms with Crippen LogP contribution in [0.15, 0.2) is 0 Å². The van der Waals surface area contributed by atoms with E-state index in [4.69, 9.17) is 4.74 Å². The maximum atomic E-state index is 11.6. The highest BCUT2D eigenvalue weighted by Gasteiger charge is 2.23. The second kappa shape index (κ2) is 16.0. The second-order valence-corrected chi connectivity index (χ2v) is 7.61. The first-order valence-electron chi connectivity index (χ1n) is 9.53. The molecule has 0 radical (unpaired) electrons. The van der Waals surface area contributed by atoms with Gasteiger partial charge in [-0.05, 0) is 6.42 Å². The van der Waals surface area contributed by atoms with E-state index in [1.54, 1.807) is 6.92 Å². The first-order valence-corrected chi connectivity index (χ1v) is 11.0. The summed E-state index contributed by atoms with van der Waals surface area (Å²) in [5, 5.41) is 12.1. The average molecular weight is 411 g/mol. The fourth-order valence-electron chi connectivity index (χ4n) is 2.05. The second-order valence-electron chi connectivity index (χ2n) is 6.16. The van der Waals surface area contributed by atoms with Crippen molar-refractivity contribution in [2.75, 3.05) is 26.4 Å². The van der Waals surface area contributed by atoms with Crippen LogP contribution < -0.4 is 5.32 Å². The van der Waals surface area contributed by atoms with Crippen LogP contribution in [0, 0.1) is 0 Å². The largest absolute Gasteiger partial charge is 0.472 e. The number of rotatable bonds is 17. The highest BCUT2D eigenvalue weighted by Crippen LogP contribution is 2.42. The van der Waals surface area contributed by atoms with E-state index in [9.17, 15) is 24.2 Å². The standard InChI is InChI=1S/C17H34NO8P/c1-3-5-6-7-8-9-10-17(21)24-13-15(19)14-26-27(22,23)25-12-11-18-16(20)4-2/h15,19H,3-14H2,1-2H3,(H,18,20)(H,22,23).